The van der Waals surface area contributed by atoms with Crippen LogP contribution in [-0.4, -0.2) is 24.6 Å². The van der Waals surface area contributed by atoms with Crippen molar-refractivity contribution >= 4 is 5.78 Å². The van der Waals surface area contributed by atoms with Crippen LogP contribution in [0.3, 0.4) is 0 Å². The van der Waals surface area contributed by atoms with Crippen LogP contribution >= 0.6 is 0 Å². The SMILES string of the molecule is COc1ccc(OC)c(-n2ccc3c2CCCC3=O)c1. The second-order valence-electron chi connectivity index (χ2n) is 4.86. The number of Topliss-reactive ketones (excluding diaryl/α,β-unsaturated/α-hetero) is 1. The molecule has 3 rings (SSSR count). The first kappa shape index (κ1) is 12.8. The largest absolute Gasteiger partial charge is 0.497 e. The molecule has 1 aromatic carbocycles. The van der Waals surface area contributed by atoms with Gasteiger partial charge in [-0.05, 0) is 31.0 Å². The van der Waals surface area contributed by atoms with Crippen LogP contribution in [0.15, 0.2) is 30.5 Å². The first-order valence-electron chi connectivity index (χ1n) is 6.70. The first-order valence-corrected chi connectivity index (χ1v) is 6.70. The lowest BCUT2D eigenvalue weighted by atomic mass is 9.96. The Balaban J connectivity index is 2.16. The van der Waals surface area contributed by atoms with Gasteiger partial charge in [0.15, 0.2) is 5.78 Å². The lowest BCUT2D eigenvalue weighted by Crippen LogP contribution is -2.12. The lowest BCUT2D eigenvalue weighted by molar-refractivity contribution is 0.0972. The van der Waals surface area contributed by atoms with Crippen LogP contribution < -0.4 is 9.47 Å². The summed E-state index contributed by atoms with van der Waals surface area (Å²) in [5.41, 5.74) is 2.80. The second kappa shape index (κ2) is 5.04. The van der Waals surface area contributed by atoms with Gasteiger partial charge in [0.1, 0.15) is 11.5 Å². The number of carbonyl (C=O) groups excluding carboxylic acids is 1. The van der Waals surface area contributed by atoms with Crippen LogP contribution in [0.4, 0.5) is 0 Å². The molecule has 104 valence electrons. The summed E-state index contributed by atoms with van der Waals surface area (Å²) in [5.74, 6) is 1.76. The molecule has 4 nitrogen and oxygen atoms in total. The fourth-order valence-corrected chi connectivity index (χ4v) is 2.74. The molecule has 1 aliphatic rings. The molecule has 0 radical (unpaired) electrons. The van der Waals surface area contributed by atoms with Crippen molar-refractivity contribution in [3.63, 3.8) is 0 Å². The molecule has 2 aromatic rings. The number of carbonyl (C=O) groups is 1. The molecule has 0 saturated heterocycles. The fourth-order valence-electron chi connectivity index (χ4n) is 2.74. The zero-order valence-electron chi connectivity index (χ0n) is 11.7. The molecule has 4 heteroatoms. The highest BCUT2D eigenvalue weighted by molar-refractivity contribution is 5.98. The molecule has 1 aromatic heterocycles. The van der Waals surface area contributed by atoms with Crippen molar-refractivity contribution in [3.8, 4) is 17.2 Å². The molecule has 1 heterocycles. The summed E-state index contributed by atoms with van der Waals surface area (Å²) in [6.07, 6.45) is 4.40. The van der Waals surface area contributed by atoms with Crippen molar-refractivity contribution in [3.05, 3.63) is 41.7 Å². The molecule has 20 heavy (non-hydrogen) atoms. The smallest absolute Gasteiger partial charge is 0.164 e. The van der Waals surface area contributed by atoms with Crippen LogP contribution in [0, 0.1) is 0 Å². The molecule has 0 unspecified atom stereocenters. The average Bonchev–Trinajstić information content (AvgIpc) is 2.92. The highest BCUT2D eigenvalue weighted by Gasteiger charge is 2.22. The molecule has 0 amide bonds. The number of hydrogen-bond donors (Lipinski definition) is 0. The van der Waals surface area contributed by atoms with E-state index in [1.807, 2.05) is 35.0 Å². The maximum atomic E-state index is 11.9. The van der Waals surface area contributed by atoms with Crippen molar-refractivity contribution in [1.82, 2.24) is 4.57 Å². The average molecular weight is 271 g/mol. The molecule has 0 saturated carbocycles. The number of rotatable bonds is 3. The molecule has 1 aliphatic carbocycles. The van der Waals surface area contributed by atoms with Crippen LogP contribution in [0.5, 0.6) is 11.5 Å². The summed E-state index contributed by atoms with van der Waals surface area (Å²) < 4.78 is 12.7. The van der Waals surface area contributed by atoms with E-state index in [9.17, 15) is 4.79 Å². The van der Waals surface area contributed by atoms with E-state index in [4.69, 9.17) is 9.47 Å². The standard InChI is InChI=1S/C16H17NO3/c1-19-11-6-7-16(20-2)14(10-11)17-9-8-12-13(17)4-3-5-15(12)18/h6-10H,3-5H2,1-2H3. The highest BCUT2D eigenvalue weighted by atomic mass is 16.5. The summed E-state index contributed by atoms with van der Waals surface area (Å²) in [6.45, 7) is 0. The van der Waals surface area contributed by atoms with Crippen LogP contribution in [0.2, 0.25) is 0 Å². The van der Waals surface area contributed by atoms with Gasteiger partial charge in [-0.25, -0.2) is 0 Å². The van der Waals surface area contributed by atoms with Gasteiger partial charge in [0.2, 0.25) is 0 Å². The summed E-state index contributed by atoms with van der Waals surface area (Å²) in [4.78, 5) is 11.9. The molecular weight excluding hydrogens is 254 g/mol. The molecule has 0 aliphatic heterocycles. The Hall–Kier alpha value is -2.23. The predicted octanol–water partition coefficient (Wildman–Crippen LogP) is 3.01. The van der Waals surface area contributed by atoms with E-state index < -0.39 is 0 Å². The number of benzene rings is 1. The normalized spacial score (nSPS) is 14.0. The zero-order valence-corrected chi connectivity index (χ0v) is 11.7. The predicted molar refractivity (Wildman–Crippen MR) is 76.1 cm³/mol. The number of hydrogen-bond acceptors (Lipinski definition) is 3. The molecule has 0 spiro atoms. The van der Waals surface area contributed by atoms with Gasteiger partial charge in [0, 0.05) is 29.9 Å². The van der Waals surface area contributed by atoms with Crippen molar-refractivity contribution in [1.29, 1.82) is 0 Å². The van der Waals surface area contributed by atoms with Crippen molar-refractivity contribution in [2.75, 3.05) is 14.2 Å². The third kappa shape index (κ3) is 1.97. The number of ether oxygens (including phenoxy) is 2. The Morgan fingerprint density at radius 1 is 1.10 bits per heavy atom. The van der Waals surface area contributed by atoms with E-state index in [1.54, 1.807) is 14.2 Å². The second-order valence-corrected chi connectivity index (χ2v) is 4.86. The van der Waals surface area contributed by atoms with Gasteiger partial charge in [-0.3, -0.25) is 4.79 Å². The number of aromatic nitrogens is 1. The van der Waals surface area contributed by atoms with E-state index in [0.29, 0.717) is 6.42 Å². The number of fused-ring (bicyclic) bond motifs is 1. The molecular formula is C16H17NO3. The molecule has 0 bridgehead atoms. The molecule has 0 fully saturated rings. The monoisotopic (exact) mass is 271 g/mol. The first-order chi connectivity index (χ1) is 9.74. The third-order valence-corrected chi connectivity index (χ3v) is 3.76. The quantitative estimate of drug-likeness (QED) is 0.861. The summed E-state index contributed by atoms with van der Waals surface area (Å²) in [5, 5.41) is 0. The van der Waals surface area contributed by atoms with Gasteiger partial charge in [0.05, 0.1) is 19.9 Å². The lowest BCUT2D eigenvalue weighted by Gasteiger charge is -2.17. The van der Waals surface area contributed by atoms with Gasteiger partial charge in [0.25, 0.3) is 0 Å². The number of methoxy groups -OCH3 is 2. The summed E-state index contributed by atoms with van der Waals surface area (Å²) in [6, 6.07) is 7.57. The fraction of sp³-hybridized carbons (Fsp3) is 0.312. The maximum Gasteiger partial charge on any atom is 0.164 e. The molecule has 0 N–H and O–H groups in total. The van der Waals surface area contributed by atoms with Crippen molar-refractivity contribution in [2.24, 2.45) is 0 Å². The Morgan fingerprint density at radius 2 is 1.95 bits per heavy atom. The van der Waals surface area contributed by atoms with Crippen molar-refractivity contribution < 1.29 is 14.3 Å². The van der Waals surface area contributed by atoms with Gasteiger partial charge in [-0.2, -0.15) is 0 Å². The van der Waals surface area contributed by atoms with E-state index in [-0.39, 0.29) is 5.78 Å². The van der Waals surface area contributed by atoms with E-state index in [2.05, 4.69) is 0 Å². The van der Waals surface area contributed by atoms with Crippen LogP contribution in [0.25, 0.3) is 5.69 Å². The van der Waals surface area contributed by atoms with E-state index in [1.165, 1.54) is 0 Å². The number of ketones is 1. The topological polar surface area (TPSA) is 40.5 Å². The summed E-state index contributed by atoms with van der Waals surface area (Å²) >= 11 is 0. The van der Waals surface area contributed by atoms with Gasteiger partial charge >= 0.3 is 0 Å². The van der Waals surface area contributed by atoms with Gasteiger partial charge in [-0.15, -0.1) is 0 Å². The van der Waals surface area contributed by atoms with Gasteiger partial charge in [-0.1, -0.05) is 0 Å². The zero-order chi connectivity index (χ0) is 14.1. The van der Waals surface area contributed by atoms with E-state index >= 15 is 0 Å². The minimum Gasteiger partial charge on any atom is -0.497 e. The Bertz CT molecular complexity index is 658. The van der Waals surface area contributed by atoms with Crippen molar-refractivity contribution in [2.45, 2.75) is 19.3 Å². The Kier molecular flexibility index (Phi) is 3.22. The number of nitrogens with zero attached hydrogens (tertiary/aromatic N) is 1. The maximum absolute atomic E-state index is 11.9. The van der Waals surface area contributed by atoms with Crippen LogP contribution in [0.1, 0.15) is 28.9 Å². The Morgan fingerprint density at radius 3 is 2.70 bits per heavy atom. The third-order valence-electron chi connectivity index (χ3n) is 3.76. The molecule has 0 atom stereocenters. The highest BCUT2D eigenvalue weighted by Crippen LogP contribution is 2.32. The Labute approximate surface area is 117 Å². The van der Waals surface area contributed by atoms with Gasteiger partial charge < -0.3 is 14.0 Å². The van der Waals surface area contributed by atoms with E-state index in [0.717, 1.165) is 41.3 Å². The van der Waals surface area contributed by atoms with Crippen LogP contribution in [-0.2, 0) is 6.42 Å². The summed E-state index contributed by atoms with van der Waals surface area (Å²) in [7, 11) is 3.28. The minimum atomic E-state index is 0.229. The minimum absolute atomic E-state index is 0.229.